The first kappa shape index (κ1) is 16.2. The lowest BCUT2D eigenvalue weighted by atomic mass is 9.90. The molecule has 0 spiro atoms. The second-order valence-electron chi connectivity index (χ2n) is 5.80. The van der Waals surface area contributed by atoms with E-state index in [-0.39, 0.29) is 12.4 Å². The first-order chi connectivity index (χ1) is 8.29. The minimum atomic E-state index is 0. The normalized spacial score (nSPS) is 30.2. The van der Waals surface area contributed by atoms with E-state index in [0.29, 0.717) is 6.10 Å². The van der Waals surface area contributed by atoms with E-state index < -0.39 is 0 Å². The van der Waals surface area contributed by atoms with Crippen LogP contribution in [0, 0.1) is 5.92 Å². The summed E-state index contributed by atoms with van der Waals surface area (Å²) in [5.41, 5.74) is 0. The third kappa shape index (κ3) is 4.69. The summed E-state index contributed by atoms with van der Waals surface area (Å²) < 4.78 is 5.44. The lowest BCUT2D eigenvalue weighted by Gasteiger charge is -2.36. The molecule has 0 unspecified atom stereocenters. The van der Waals surface area contributed by atoms with Crippen LogP contribution in [-0.2, 0) is 4.74 Å². The zero-order chi connectivity index (χ0) is 12.1. The summed E-state index contributed by atoms with van der Waals surface area (Å²) >= 11 is 0. The fourth-order valence-corrected chi connectivity index (χ4v) is 3.34. The van der Waals surface area contributed by atoms with Gasteiger partial charge >= 0.3 is 0 Å². The van der Waals surface area contributed by atoms with E-state index in [4.69, 9.17) is 4.74 Å². The number of nitrogens with zero attached hydrogens (tertiary/aromatic N) is 1. The second-order valence-corrected chi connectivity index (χ2v) is 5.80. The quantitative estimate of drug-likeness (QED) is 0.853. The van der Waals surface area contributed by atoms with Gasteiger partial charge in [0.25, 0.3) is 0 Å². The number of methoxy groups -OCH3 is 1. The topological polar surface area (TPSA) is 24.5 Å². The van der Waals surface area contributed by atoms with E-state index in [9.17, 15) is 0 Å². The van der Waals surface area contributed by atoms with Crippen LogP contribution >= 0.6 is 12.4 Å². The van der Waals surface area contributed by atoms with E-state index in [2.05, 4.69) is 17.3 Å². The Hall–Kier alpha value is 0.170. The zero-order valence-electron chi connectivity index (χ0n) is 11.9. The Labute approximate surface area is 118 Å². The predicted octanol–water partition coefficient (Wildman–Crippen LogP) is 2.30. The van der Waals surface area contributed by atoms with Gasteiger partial charge in [-0.2, -0.15) is 0 Å². The molecule has 4 heteroatoms. The highest BCUT2D eigenvalue weighted by molar-refractivity contribution is 5.85. The standard InChI is InChI=1S/C14H28N2O.ClH/c1-16(11-12-7-9-15-10-8-12)13-3-5-14(17-2)6-4-13;/h12-15H,3-11H2,1-2H3;1H. The molecule has 1 saturated carbocycles. The predicted molar refractivity (Wildman–Crippen MR) is 78.5 cm³/mol. The molecule has 1 heterocycles. The van der Waals surface area contributed by atoms with Crippen LogP contribution in [0.15, 0.2) is 0 Å². The number of hydrogen-bond donors (Lipinski definition) is 1. The summed E-state index contributed by atoms with van der Waals surface area (Å²) in [5, 5.41) is 3.45. The molecule has 1 N–H and O–H groups in total. The molecule has 1 saturated heterocycles. The Morgan fingerprint density at radius 3 is 2.22 bits per heavy atom. The van der Waals surface area contributed by atoms with Gasteiger partial charge in [0.05, 0.1) is 6.10 Å². The number of rotatable bonds is 4. The second kappa shape index (κ2) is 8.36. The van der Waals surface area contributed by atoms with E-state index >= 15 is 0 Å². The third-order valence-corrected chi connectivity index (χ3v) is 4.61. The van der Waals surface area contributed by atoms with E-state index in [1.807, 2.05) is 7.11 Å². The van der Waals surface area contributed by atoms with E-state index in [0.717, 1.165) is 12.0 Å². The zero-order valence-corrected chi connectivity index (χ0v) is 12.7. The van der Waals surface area contributed by atoms with E-state index in [1.54, 1.807) is 0 Å². The molecule has 0 aromatic heterocycles. The molecule has 2 fully saturated rings. The van der Waals surface area contributed by atoms with Gasteiger partial charge in [0.2, 0.25) is 0 Å². The largest absolute Gasteiger partial charge is 0.381 e. The van der Waals surface area contributed by atoms with Crippen LogP contribution < -0.4 is 5.32 Å². The molecule has 18 heavy (non-hydrogen) atoms. The number of ether oxygens (including phenoxy) is 1. The Balaban J connectivity index is 0.00000162. The maximum atomic E-state index is 5.44. The molecule has 0 aromatic rings. The molecule has 0 aromatic carbocycles. The van der Waals surface area contributed by atoms with Gasteiger partial charge in [-0.25, -0.2) is 0 Å². The van der Waals surface area contributed by atoms with Crippen molar-refractivity contribution in [1.29, 1.82) is 0 Å². The minimum Gasteiger partial charge on any atom is -0.381 e. The molecule has 108 valence electrons. The summed E-state index contributed by atoms with van der Waals surface area (Å²) in [5.74, 6) is 0.918. The number of halogens is 1. The van der Waals surface area contributed by atoms with Crippen molar-refractivity contribution in [3.8, 4) is 0 Å². The van der Waals surface area contributed by atoms with Crippen molar-refractivity contribution in [2.24, 2.45) is 5.92 Å². The first-order valence-electron chi connectivity index (χ1n) is 7.23. The van der Waals surface area contributed by atoms with Gasteiger partial charge in [0.1, 0.15) is 0 Å². The lowest BCUT2D eigenvalue weighted by Crippen LogP contribution is -2.41. The third-order valence-electron chi connectivity index (χ3n) is 4.61. The van der Waals surface area contributed by atoms with Crippen LogP contribution in [0.1, 0.15) is 38.5 Å². The fraction of sp³-hybridized carbons (Fsp3) is 1.00. The summed E-state index contributed by atoms with van der Waals surface area (Å²) in [4.78, 5) is 2.61. The van der Waals surface area contributed by atoms with Crippen molar-refractivity contribution in [2.75, 3.05) is 33.8 Å². The molecule has 0 amide bonds. The average molecular weight is 277 g/mol. The fourth-order valence-electron chi connectivity index (χ4n) is 3.34. The van der Waals surface area contributed by atoms with Crippen molar-refractivity contribution in [3.63, 3.8) is 0 Å². The Morgan fingerprint density at radius 2 is 1.67 bits per heavy atom. The summed E-state index contributed by atoms with van der Waals surface area (Å²) in [6.45, 7) is 3.73. The number of piperidine rings is 1. The molecule has 2 aliphatic rings. The molecule has 0 radical (unpaired) electrons. The van der Waals surface area contributed by atoms with Gasteiger partial charge in [-0.1, -0.05) is 0 Å². The summed E-state index contributed by atoms with van der Waals surface area (Å²) in [6, 6.07) is 0.802. The molecule has 0 atom stereocenters. The first-order valence-corrected chi connectivity index (χ1v) is 7.23. The average Bonchev–Trinajstić information content (AvgIpc) is 2.40. The lowest BCUT2D eigenvalue weighted by molar-refractivity contribution is 0.0401. The molecular weight excluding hydrogens is 248 g/mol. The van der Waals surface area contributed by atoms with Crippen LogP contribution in [-0.4, -0.2) is 50.8 Å². The van der Waals surface area contributed by atoms with Gasteiger partial charge in [-0.3, -0.25) is 0 Å². The highest BCUT2D eigenvalue weighted by atomic mass is 35.5. The van der Waals surface area contributed by atoms with Crippen molar-refractivity contribution < 1.29 is 4.74 Å². The molecule has 2 rings (SSSR count). The highest BCUT2D eigenvalue weighted by Crippen LogP contribution is 2.25. The Bertz CT molecular complexity index is 214. The van der Waals surface area contributed by atoms with Crippen molar-refractivity contribution in [3.05, 3.63) is 0 Å². The molecular formula is C14H29ClN2O. The Kier molecular flexibility index (Phi) is 7.54. The van der Waals surface area contributed by atoms with Crippen molar-refractivity contribution >= 4 is 12.4 Å². The molecule has 1 aliphatic heterocycles. The van der Waals surface area contributed by atoms with Crippen LogP contribution in [0.5, 0.6) is 0 Å². The van der Waals surface area contributed by atoms with Crippen LogP contribution in [0.2, 0.25) is 0 Å². The Morgan fingerprint density at radius 1 is 1.06 bits per heavy atom. The monoisotopic (exact) mass is 276 g/mol. The minimum absolute atomic E-state index is 0. The molecule has 1 aliphatic carbocycles. The van der Waals surface area contributed by atoms with Crippen LogP contribution in [0.25, 0.3) is 0 Å². The van der Waals surface area contributed by atoms with Gasteiger partial charge in [0, 0.05) is 19.7 Å². The molecule has 3 nitrogen and oxygen atoms in total. The van der Waals surface area contributed by atoms with Gasteiger partial charge in [0.15, 0.2) is 0 Å². The van der Waals surface area contributed by atoms with E-state index in [1.165, 1.54) is 58.2 Å². The number of nitrogens with one attached hydrogen (secondary N) is 1. The summed E-state index contributed by atoms with van der Waals surface area (Å²) in [7, 11) is 4.17. The van der Waals surface area contributed by atoms with Gasteiger partial charge in [-0.05, 0) is 64.6 Å². The molecule has 0 bridgehead atoms. The number of hydrogen-bond acceptors (Lipinski definition) is 3. The van der Waals surface area contributed by atoms with Crippen LogP contribution in [0.3, 0.4) is 0 Å². The van der Waals surface area contributed by atoms with Crippen molar-refractivity contribution in [2.45, 2.75) is 50.7 Å². The van der Waals surface area contributed by atoms with Gasteiger partial charge < -0.3 is 15.0 Å². The van der Waals surface area contributed by atoms with Crippen molar-refractivity contribution in [1.82, 2.24) is 10.2 Å². The van der Waals surface area contributed by atoms with Crippen LogP contribution in [0.4, 0.5) is 0 Å². The SMILES string of the molecule is COC1CCC(N(C)CC2CCNCC2)CC1.Cl. The highest BCUT2D eigenvalue weighted by Gasteiger charge is 2.25. The smallest absolute Gasteiger partial charge is 0.0572 e. The maximum absolute atomic E-state index is 5.44. The summed E-state index contributed by atoms with van der Waals surface area (Å²) in [6.07, 6.45) is 8.38. The maximum Gasteiger partial charge on any atom is 0.0572 e. The van der Waals surface area contributed by atoms with Gasteiger partial charge in [-0.15, -0.1) is 12.4 Å².